The number of fused-ring (bicyclic) bond motifs is 1. The molecule has 4 rings (SSSR count). The predicted octanol–water partition coefficient (Wildman–Crippen LogP) is 0.879. The molecule has 8 nitrogen and oxygen atoms in total. The van der Waals surface area contributed by atoms with Crippen LogP contribution < -0.4 is 10.5 Å². The monoisotopic (exact) mass is 384 g/mol. The largest absolute Gasteiger partial charge is 0.378 e. The number of aromatic nitrogens is 2. The highest BCUT2D eigenvalue weighted by Crippen LogP contribution is 2.23. The number of rotatable bonds is 4. The van der Waals surface area contributed by atoms with Crippen molar-refractivity contribution in [3.05, 3.63) is 57.5 Å². The molecule has 1 aromatic carbocycles. The fourth-order valence-electron chi connectivity index (χ4n) is 3.70. The lowest BCUT2D eigenvalue weighted by molar-refractivity contribution is -0.143. The first-order valence-electron chi connectivity index (χ1n) is 9.48. The van der Waals surface area contributed by atoms with E-state index in [1.54, 1.807) is 4.90 Å². The highest BCUT2D eigenvalue weighted by atomic mass is 16.5. The zero-order valence-electron chi connectivity index (χ0n) is 15.9. The molecule has 1 aromatic heterocycles. The van der Waals surface area contributed by atoms with Gasteiger partial charge in [0.05, 0.1) is 31.0 Å². The van der Waals surface area contributed by atoms with Crippen molar-refractivity contribution in [1.29, 1.82) is 0 Å². The molecule has 0 bridgehead atoms. The molecule has 1 amide bonds. The SMILES string of the molecule is CO[C@H](C(=O)N1CCc2nc(N3CCOCC3)[nH]c(=O)c2C1)c1ccccc1. The molecule has 1 fully saturated rings. The summed E-state index contributed by atoms with van der Waals surface area (Å²) in [5, 5.41) is 0. The van der Waals surface area contributed by atoms with Crippen molar-refractivity contribution in [3.8, 4) is 0 Å². The van der Waals surface area contributed by atoms with Crippen LogP contribution in [0.1, 0.15) is 22.9 Å². The van der Waals surface area contributed by atoms with Crippen molar-refractivity contribution in [2.75, 3.05) is 44.9 Å². The first-order valence-corrected chi connectivity index (χ1v) is 9.48. The standard InChI is InChI=1S/C20H24N4O4/c1-27-17(14-5-3-2-4-6-14)19(26)24-8-7-16-15(13-24)18(25)22-20(21-16)23-9-11-28-12-10-23/h2-6,17H,7-13H2,1H3,(H,21,22,25)/t17-/m0/s1. The van der Waals surface area contributed by atoms with Gasteiger partial charge in [-0.15, -0.1) is 0 Å². The Bertz CT molecular complexity index is 893. The number of aromatic amines is 1. The Morgan fingerprint density at radius 2 is 1.96 bits per heavy atom. The number of methoxy groups -OCH3 is 1. The van der Waals surface area contributed by atoms with Crippen molar-refractivity contribution in [3.63, 3.8) is 0 Å². The third-order valence-electron chi connectivity index (χ3n) is 5.24. The van der Waals surface area contributed by atoms with Crippen molar-refractivity contribution >= 4 is 11.9 Å². The van der Waals surface area contributed by atoms with E-state index < -0.39 is 6.10 Å². The van der Waals surface area contributed by atoms with Crippen molar-refractivity contribution in [1.82, 2.24) is 14.9 Å². The van der Waals surface area contributed by atoms with Crippen LogP contribution in [0.5, 0.6) is 0 Å². The molecular weight excluding hydrogens is 360 g/mol. The highest BCUT2D eigenvalue weighted by Gasteiger charge is 2.30. The lowest BCUT2D eigenvalue weighted by atomic mass is 10.0. The summed E-state index contributed by atoms with van der Waals surface area (Å²) >= 11 is 0. The van der Waals surface area contributed by atoms with Gasteiger partial charge in [-0.1, -0.05) is 30.3 Å². The third-order valence-corrected chi connectivity index (χ3v) is 5.24. The molecule has 0 unspecified atom stereocenters. The quantitative estimate of drug-likeness (QED) is 0.842. The summed E-state index contributed by atoms with van der Waals surface area (Å²) in [5.74, 6) is 0.446. The molecule has 148 valence electrons. The van der Waals surface area contributed by atoms with Gasteiger partial charge in [-0.2, -0.15) is 0 Å². The Balaban J connectivity index is 1.54. The number of carbonyl (C=O) groups excluding carboxylic acids is 1. The summed E-state index contributed by atoms with van der Waals surface area (Å²) in [6.45, 7) is 3.42. The van der Waals surface area contributed by atoms with Crippen LogP contribution in [0.4, 0.5) is 5.95 Å². The molecule has 28 heavy (non-hydrogen) atoms. The molecule has 0 radical (unpaired) electrons. The van der Waals surface area contributed by atoms with Gasteiger partial charge in [0.2, 0.25) is 5.95 Å². The predicted molar refractivity (Wildman–Crippen MR) is 103 cm³/mol. The second-order valence-corrected chi connectivity index (χ2v) is 6.95. The maximum Gasteiger partial charge on any atom is 0.257 e. The van der Waals surface area contributed by atoms with E-state index in [2.05, 4.69) is 9.97 Å². The van der Waals surface area contributed by atoms with Crippen molar-refractivity contribution < 1.29 is 14.3 Å². The van der Waals surface area contributed by atoms with E-state index in [1.807, 2.05) is 35.2 Å². The van der Waals surface area contributed by atoms with E-state index in [9.17, 15) is 9.59 Å². The van der Waals surface area contributed by atoms with Gasteiger partial charge in [0.1, 0.15) is 0 Å². The maximum absolute atomic E-state index is 13.0. The number of ether oxygens (including phenoxy) is 2. The molecule has 0 saturated carbocycles. The molecule has 1 saturated heterocycles. The zero-order valence-corrected chi connectivity index (χ0v) is 15.9. The van der Waals surface area contributed by atoms with Gasteiger partial charge in [0.25, 0.3) is 11.5 Å². The summed E-state index contributed by atoms with van der Waals surface area (Å²) in [5.41, 5.74) is 1.94. The van der Waals surface area contributed by atoms with E-state index in [1.165, 1.54) is 7.11 Å². The van der Waals surface area contributed by atoms with E-state index in [0.29, 0.717) is 50.8 Å². The zero-order chi connectivity index (χ0) is 19.5. The van der Waals surface area contributed by atoms with Gasteiger partial charge in [-0.25, -0.2) is 4.98 Å². The minimum atomic E-state index is -0.678. The van der Waals surface area contributed by atoms with E-state index in [0.717, 1.165) is 11.3 Å². The minimum Gasteiger partial charge on any atom is -0.378 e. The van der Waals surface area contributed by atoms with Crippen LogP contribution in [0.25, 0.3) is 0 Å². The third kappa shape index (κ3) is 3.65. The average molecular weight is 384 g/mol. The second kappa shape index (κ2) is 8.12. The lowest BCUT2D eigenvalue weighted by Gasteiger charge is -2.32. The van der Waals surface area contributed by atoms with E-state index in [-0.39, 0.29) is 18.0 Å². The minimum absolute atomic E-state index is 0.143. The van der Waals surface area contributed by atoms with Gasteiger partial charge in [0, 0.05) is 33.2 Å². The van der Waals surface area contributed by atoms with Gasteiger partial charge in [-0.05, 0) is 5.56 Å². The Kier molecular flexibility index (Phi) is 5.40. The van der Waals surface area contributed by atoms with Gasteiger partial charge in [0.15, 0.2) is 6.10 Å². The number of amides is 1. The number of carbonyl (C=O) groups is 1. The summed E-state index contributed by atoms with van der Waals surface area (Å²) in [6, 6.07) is 9.39. The van der Waals surface area contributed by atoms with E-state index in [4.69, 9.17) is 9.47 Å². The Morgan fingerprint density at radius 3 is 2.68 bits per heavy atom. The molecule has 1 N–H and O–H groups in total. The molecule has 2 aliphatic heterocycles. The number of hydrogen-bond donors (Lipinski definition) is 1. The number of H-pyrrole nitrogens is 1. The highest BCUT2D eigenvalue weighted by molar-refractivity contribution is 5.82. The fourth-order valence-corrected chi connectivity index (χ4v) is 3.70. The van der Waals surface area contributed by atoms with E-state index >= 15 is 0 Å². The summed E-state index contributed by atoms with van der Waals surface area (Å²) in [6.07, 6.45) is -0.129. The summed E-state index contributed by atoms with van der Waals surface area (Å²) in [7, 11) is 1.52. The lowest BCUT2D eigenvalue weighted by Crippen LogP contribution is -2.43. The van der Waals surface area contributed by atoms with Gasteiger partial charge in [-0.3, -0.25) is 14.6 Å². The smallest absolute Gasteiger partial charge is 0.257 e. The number of morpholine rings is 1. The topological polar surface area (TPSA) is 87.8 Å². The molecule has 2 aromatic rings. The Morgan fingerprint density at radius 1 is 1.21 bits per heavy atom. The maximum atomic E-state index is 13.0. The van der Waals surface area contributed by atoms with Crippen LogP contribution >= 0.6 is 0 Å². The van der Waals surface area contributed by atoms with Crippen molar-refractivity contribution in [2.24, 2.45) is 0 Å². The fraction of sp³-hybridized carbons (Fsp3) is 0.450. The molecule has 1 atom stereocenters. The van der Waals surface area contributed by atoms with Crippen LogP contribution in [-0.2, 0) is 27.2 Å². The molecule has 2 aliphatic rings. The number of benzene rings is 1. The molecular formula is C20H24N4O4. The second-order valence-electron chi connectivity index (χ2n) is 6.95. The first kappa shape index (κ1) is 18.6. The van der Waals surface area contributed by atoms with Crippen LogP contribution in [0.3, 0.4) is 0 Å². The van der Waals surface area contributed by atoms with Gasteiger partial charge >= 0.3 is 0 Å². The number of nitrogens with one attached hydrogen (secondary N) is 1. The van der Waals surface area contributed by atoms with Crippen molar-refractivity contribution in [2.45, 2.75) is 19.1 Å². The molecule has 3 heterocycles. The molecule has 8 heteroatoms. The van der Waals surface area contributed by atoms with Gasteiger partial charge < -0.3 is 19.3 Å². The normalized spacial score (nSPS) is 17.9. The molecule has 0 aliphatic carbocycles. The Hall–Kier alpha value is -2.71. The number of nitrogens with zero attached hydrogens (tertiary/aromatic N) is 3. The van der Waals surface area contributed by atoms with Crippen LogP contribution in [0, 0.1) is 0 Å². The summed E-state index contributed by atoms with van der Waals surface area (Å²) < 4.78 is 10.8. The number of anilines is 1. The van der Waals surface area contributed by atoms with Crippen LogP contribution in [0.15, 0.2) is 35.1 Å². The average Bonchev–Trinajstić information content (AvgIpc) is 2.75. The van der Waals surface area contributed by atoms with Crippen LogP contribution in [0.2, 0.25) is 0 Å². The first-order chi connectivity index (χ1) is 13.7. The number of hydrogen-bond acceptors (Lipinski definition) is 6. The Labute approximate surface area is 163 Å². The van der Waals surface area contributed by atoms with Crippen LogP contribution in [-0.4, -0.2) is 60.7 Å². The molecule has 0 spiro atoms. The summed E-state index contributed by atoms with van der Waals surface area (Å²) in [4.78, 5) is 36.9.